The van der Waals surface area contributed by atoms with Gasteiger partial charge >= 0.3 is 0 Å². The van der Waals surface area contributed by atoms with Gasteiger partial charge in [-0.2, -0.15) is 10.4 Å². The highest BCUT2D eigenvalue weighted by molar-refractivity contribution is 14.1. The fourth-order valence-corrected chi connectivity index (χ4v) is 2.81. The second-order valence-corrected chi connectivity index (χ2v) is 5.51. The Morgan fingerprint density at radius 1 is 1.81 bits per heavy atom. The van der Waals surface area contributed by atoms with Crippen molar-refractivity contribution in [2.75, 3.05) is 6.54 Å². The Hall–Kier alpha value is -0.610. The quantitative estimate of drug-likeness (QED) is 0.864. The third kappa shape index (κ3) is 2.23. The van der Waals surface area contributed by atoms with Gasteiger partial charge in [0.2, 0.25) is 0 Å². The highest BCUT2D eigenvalue weighted by Gasteiger charge is 2.39. The molecule has 0 aliphatic heterocycles. The summed E-state index contributed by atoms with van der Waals surface area (Å²) in [6.07, 6.45) is 6.71. The largest absolute Gasteiger partial charge is 0.300 e. The number of nitrogens with one attached hydrogen (secondary N) is 1. The number of aromatic nitrogens is 2. The molecule has 0 radical (unpaired) electrons. The minimum atomic E-state index is -0.337. The minimum Gasteiger partial charge on any atom is -0.300 e. The van der Waals surface area contributed by atoms with Gasteiger partial charge < -0.3 is 0 Å². The highest BCUT2D eigenvalue weighted by atomic mass is 127. The maximum absolute atomic E-state index is 9.27. The number of nitriles is 1. The molecule has 2 atom stereocenters. The van der Waals surface area contributed by atoms with Crippen LogP contribution in [0.15, 0.2) is 12.4 Å². The lowest BCUT2D eigenvalue weighted by Crippen LogP contribution is -2.41. The predicted octanol–water partition coefficient (Wildman–Crippen LogP) is 2.08. The van der Waals surface area contributed by atoms with Crippen LogP contribution in [0.1, 0.15) is 32.2 Å². The first kappa shape index (κ1) is 11.9. The van der Waals surface area contributed by atoms with E-state index in [1.54, 1.807) is 0 Å². The molecule has 1 N–H and O–H groups in total. The van der Waals surface area contributed by atoms with Crippen LogP contribution < -0.4 is 5.32 Å². The van der Waals surface area contributed by atoms with E-state index in [-0.39, 0.29) is 5.54 Å². The number of rotatable bonds is 3. The van der Waals surface area contributed by atoms with Gasteiger partial charge in [0.05, 0.1) is 21.9 Å². The fourth-order valence-electron chi connectivity index (χ4n) is 2.40. The van der Waals surface area contributed by atoms with Crippen LogP contribution in [-0.2, 0) is 0 Å². The van der Waals surface area contributed by atoms with Crippen molar-refractivity contribution in [2.45, 2.75) is 37.8 Å². The number of hydrogen-bond donors (Lipinski definition) is 1. The van der Waals surface area contributed by atoms with Crippen LogP contribution in [0.5, 0.6) is 0 Å². The van der Waals surface area contributed by atoms with E-state index < -0.39 is 0 Å². The zero-order valence-electron chi connectivity index (χ0n) is 9.28. The van der Waals surface area contributed by atoms with Crippen molar-refractivity contribution in [3.63, 3.8) is 0 Å². The maximum atomic E-state index is 9.27. The molecule has 0 spiro atoms. The lowest BCUT2D eigenvalue weighted by molar-refractivity contribution is 0.395. The smallest absolute Gasteiger partial charge is 0.108 e. The van der Waals surface area contributed by atoms with Crippen molar-refractivity contribution in [3.05, 3.63) is 16.0 Å². The molecule has 0 aromatic carbocycles. The van der Waals surface area contributed by atoms with Crippen molar-refractivity contribution < 1.29 is 0 Å². The van der Waals surface area contributed by atoms with Crippen LogP contribution >= 0.6 is 22.6 Å². The maximum Gasteiger partial charge on any atom is 0.108 e. The summed E-state index contributed by atoms with van der Waals surface area (Å²) in [6.45, 7) is 2.89. The summed E-state index contributed by atoms with van der Waals surface area (Å²) in [4.78, 5) is 0. The molecule has 4 nitrogen and oxygen atoms in total. The molecule has 2 rings (SSSR count). The number of halogens is 1. The van der Waals surface area contributed by atoms with E-state index >= 15 is 0 Å². The van der Waals surface area contributed by atoms with Gasteiger partial charge in [-0.05, 0) is 42.0 Å². The Labute approximate surface area is 109 Å². The van der Waals surface area contributed by atoms with Crippen LogP contribution in [0, 0.1) is 14.9 Å². The van der Waals surface area contributed by atoms with Crippen molar-refractivity contribution in [3.8, 4) is 6.07 Å². The molecule has 1 saturated carbocycles. The van der Waals surface area contributed by atoms with Crippen LogP contribution in [0.4, 0.5) is 0 Å². The van der Waals surface area contributed by atoms with Crippen LogP contribution in [0.3, 0.4) is 0 Å². The second-order valence-electron chi connectivity index (χ2n) is 4.26. The monoisotopic (exact) mass is 330 g/mol. The predicted molar refractivity (Wildman–Crippen MR) is 69.9 cm³/mol. The van der Waals surface area contributed by atoms with Gasteiger partial charge in [0.25, 0.3) is 0 Å². The molecule has 1 aliphatic carbocycles. The van der Waals surface area contributed by atoms with E-state index in [0.717, 1.165) is 29.4 Å². The molecule has 0 amide bonds. The summed E-state index contributed by atoms with van der Waals surface area (Å²) in [5.41, 5.74) is -0.337. The molecular formula is C11H15IN4. The molecule has 1 fully saturated rings. The first-order chi connectivity index (χ1) is 7.69. The molecule has 2 unspecified atom stereocenters. The van der Waals surface area contributed by atoms with Crippen LogP contribution in [0.25, 0.3) is 0 Å². The van der Waals surface area contributed by atoms with E-state index in [0.29, 0.717) is 6.04 Å². The van der Waals surface area contributed by atoms with E-state index in [9.17, 15) is 5.26 Å². The summed E-state index contributed by atoms with van der Waals surface area (Å²) in [5.74, 6) is 0. The Morgan fingerprint density at radius 2 is 2.62 bits per heavy atom. The summed E-state index contributed by atoms with van der Waals surface area (Å²) >= 11 is 2.26. The molecule has 0 bridgehead atoms. The topological polar surface area (TPSA) is 53.6 Å². The third-order valence-electron chi connectivity index (χ3n) is 3.16. The van der Waals surface area contributed by atoms with Crippen molar-refractivity contribution in [1.82, 2.24) is 15.1 Å². The molecule has 1 heterocycles. The zero-order chi connectivity index (χ0) is 11.6. The minimum absolute atomic E-state index is 0.337. The first-order valence-corrected chi connectivity index (χ1v) is 6.63. The SMILES string of the molecule is CCNC1(C#N)CCC(n2cc(I)cn2)C1. The highest BCUT2D eigenvalue weighted by Crippen LogP contribution is 2.37. The summed E-state index contributed by atoms with van der Waals surface area (Å²) < 4.78 is 3.15. The lowest BCUT2D eigenvalue weighted by Gasteiger charge is -2.21. The standard InChI is InChI=1S/C11H15IN4/c1-2-14-11(8-13)4-3-10(5-11)16-7-9(12)6-15-16/h6-7,10,14H,2-5H2,1H3. The summed E-state index contributed by atoms with van der Waals surface area (Å²) in [5, 5.41) is 16.9. The van der Waals surface area contributed by atoms with Gasteiger partial charge in [-0.3, -0.25) is 10.00 Å². The van der Waals surface area contributed by atoms with E-state index in [4.69, 9.17) is 0 Å². The Bertz CT molecular complexity index is 408. The molecule has 1 aromatic rings. The molecular weight excluding hydrogens is 315 g/mol. The van der Waals surface area contributed by atoms with E-state index in [1.165, 1.54) is 0 Å². The third-order valence-corrected chi connectivity index (χ3v) is 3.72. The average molecular weight is 330 g/mol. The lowest BCUT2D eigenvalue weighted by atomic mass is 9.99. The molecule has 86 valence electrons. The van der Waals surface area contributed by atoms with Gasteiger partial charge in [0.1, 0.15) is 5.54 Å². The Kier molecular flexibility index (Phi) is 3.50. The fraction of sp³-hybridized carbons (Fsp3) is 0.636. The second kappa shape index (κ2) is 4.72. The van der Waals surface area contributed by atoms with Gasteiger partial charge in [-0.1, -0.05) is 6.92 Å². The van der Waals surface area contributed by atoms with Crippen LogP contribution in [0.2, 0.25) is 0 Å². The molecule has 5 heteroatoms. The zero-order valence-corrected chi connectivity index (χ0v) is 11.4. The van der Waals surface area contributed by atoms with Gasteiger partial charge in [-0.25, -0.2) is 0 Å². The summed E-state index contributed by atoms with van der Waals surface area (Å²) in [7, 11) is 0. The van der Waals surface area contributed by atoms with E-state index in [2.05, 4.69) is 39.1 Å². The molecule has 0 saturated heterocycles. The molecule has 1 aromatic heterocycles. The molecule has 1 aliphatic rings. The van der Waals surface area contributed by atoms with Gasteiger partial charge in [-0.15, -0.1) is 0 Å². The van der Waals surface area contributed by atoms with Crippen molar-refractivity contribution in [1.29, 1.82) is 5.26 Å². The normalized spacial score (nSPS) is 29.2. The Balaban J connectivity index is 2.10. The average Bonchev–Trinajstić information content (AvgIpc) is 2.86. The Morgan fingerprint density at radius 3 is 3.19 bits per heavy atom. The number of nitrogens with zero attached hydrogens (tertiary/aromatic N) is 3. The van der Waals surface area contributed by atoms with Crippen LogP contribution in [-0.4, -0.2) is 21.9 Å². The summed E-state index contributed by atoms with van der Waals surface area (Å²) in [6, 6.07) is 2.79. The number of hydrogen-bond acceptors (Lipinski definition) is 3. The van der Waals surface area contributed by atoms with Crippen molar-refractivity contribution in [2.24, 2.45) is 0 Å². The first-order valence-electron chi connectivity index (χ1n) is 5.55. The van der Waals surface area contributed by atoms with Gasteiger partial charge in [0.15, 0.2) is 0 Å². The van der Waals surface area contributed by atoms with E-state index in [1.807, 2.05) is 24.0 Å². The van der Waals surface area contributed by atoms with Gasteiger partial charge in [0, 0.05) is 12.6 Å². The molecule has 16 heavy (non-hydrogen) atoms. The van der Waals surface area contributed by atoms with Crippen molar-refractivity contribution >= 4 is 22.6 Å².